The molecule has 0 fully saturated rings. The van der Waals surface area contributed by atoms with Crippen molar-refractivity contribution in [2.24, 2.45) is 5.92 Å². The van der Waals surface area contributed by atoms with E-state index in [2.05, 4.69) is 26.0 Å². The molecule has 1 unspecified atom stereocenters. The minimum Gasteiger partial charge on any atom is -0.481 e. The third-order valence-electron chi connectivity index (χ3n) is 2.87. The van der Waals surface area contributed by atoms with Crippen LogP contribution in [0.2, 0.25) is 0 Å². The average molecular weight is 234 g/mol. The molecule has 17 heavy (non-hydrogen) atoms. The highest BCUT2D eigenvalue weighted by molar-refractivity contribution is 5.76. The first-order valence-corrected chi connectivity index (χ1v) is 6.36. The number of carboxylic acid groups (broad SMARTS) is 1. The van der Waals surface area contributed by atoms with Gasteiger partial charge in [-0.15, -0.1) is 0 Å². The summed E-state index contributed by atoms with van der Waals surface area (Å²) in [5.41, 5.74) is 2.18. The van der Waals surface area contributed by atoms with Gasteiger partial charge in [0, 0.05) is 0 Å². The molecule has 0 saturated carbocycles. The van der Waals surface area contributed by atoms with E-state index in [0.717, 1.165) is 18.4 Å². The molecule has 0 aromatic heterocycles. The van der Waals surface area contributed by atoms with Crippen LogP contribution in [0.4, 0.5) is 0 Å². The molecule has 0 heterocycles. The summed E-state index contributed by atoms with van der Waals surface area (Å²) in [5.74, 6) is -0.472. The van der Waals surface area contributed by atoms with E-state index in [-0.39, 0.29) is 5.92 Å². The molecule has 2 heteroatoms. The summed E-state index contributed by atoms with van der Waals surface area (Å²) in [6.45, 7) is 6.37. The topological polar surface area (TPSA) is 37.3 Å². The Morgan fingerprint density at radius 2 is 2.06 bits per heavy atom. The molecule has 2 nitrogen and oxygen atoms in total. The lowest BCUT2D eigenvalue weighted by Gasteiger charge is -2.13. The first kappa shape index (κ1) is 13.8. The molecule has 0 amide bonds. The summed E-state index contributed by atoms with van der Waals surface area (Å²) < 4.78 is 0. The molecule has 94 valence electrons. The second-order valence-electron chi connectivity index (χ2n) is 5.02. The van der Waals surface area contributed by atoms with Crippen LogP contribution in [0.5, 0.6) is 0 Å². The monoisotopic (exact) mass is 234 g/mol. The van der Waals surface area contributed by atoms with Crippen molar-refractivity contribution in [2.75, 3.05) is 0 Å². The van der Waals surface area contributed by atoms with Crippen molar-refractivity contribution in [2.45, 2.75) is 46.0 Å². The molecule has 1 aromatic rings. The lowest BCUT2D eigenvalue weighted by molar-refractivity contribution is -0.139. The van der Waals surface area contributed by atoms with E-state index < -0.39 is 5.97 Å². The van der Waals surface area contributed by atoms with Crippen molar-refractivity contribution in [3.63, 3.8) is 0 Å². The summed E-state index contributed by atoms with van der Waals surface area (Å²) in [7, 11) is 0. The molecule has 0 bridgehead atoms. The molecule has 1 aromatic carbocycles. The SMILES string of the molecule is CCCC(C(=O)O)c1cccc(CC(C)C)c1. The van der Waals surface area contributed by atoms with Crippen LogP contribution in [-0.2, 0) is 11.2 Å². The normalized spacial score (nSPS) is 12.7. The highest BCUT2D eigenvalue weighted by atomic mass is 16.4. The predicted octanol–water partition coefficient (Wildman–Crippen LogP) is 3.85. The molecule has 0 radical (unpaired) electrons. The van der Waals surface area contributed by atoms with E-state index >= 15 is 0 Å². The Balaban J connectivity index is 2.91. The number of rotatable bonds is 6. The minimum absolute atomic E-state index is 0.355. The quantitative estimate of drug-likeness (QED) is 0.811. The van der Waals surface area contributed by atoms with Gasteiger partial charge in [0.15, 0.2) is 0 Å². The Morgan fingerprint density at radius 3 is 2.59 bits per heavy atom. The van der Waals surface area contributed by atoms with Crippen molar-refractivity contribution < 1.29 is 9.90 Å². The van der Waals surface area contributed by atoms with E-state index in [1.807, 2.05) is 19.1 Å². The summed E-state index contributed by atoms with van der Waals surface area (Å²) >= 11 is 0. The van der Waals surface area contributed by atoms with Gasteiger partial charge in [0.1, 0.15) is 0 Å². The summed E-state index contributed by atoms with van der Waals surface area (Å²) in [4.78, 5) is 11.2. The number of benzene rings is 1. The summed E-state index contributed by atoms with van der Waals surface area (Å²) in [5, 5.41) is 9.23. The number of hydrogen-bond donors (Lipinski definition) is 1. The van der Waals surface area contributed by atoms with Gasteiger partial charge in [0.25, 0.3) is 0 Å². The zero-order chi connectivity index (χ0) is 12.8. The molecule has 0 saturated heterocycles. The number of carboxylic acids is 1. The van der Waals surface area contributed by atoms with Crippen LogP contribution in [0.25, 0.3) is 0 Å². The standard InChI is InChI=1S/C15H22O2/c1-4-6-14(15(16)17)13-8-5-7-12(10-13)9-11(2)3/h5,7-8,10-11,14H,4,6,9H2,1-3H3,(H,16,17). The molecular weight excluding hydrogens is 212 g/mol. The smallest absolute Gasteiger partial charge is 0.310 e. The van der Waals surface area contributed by atoms with E-state index in [1.165, 1.54) is 5.56 Å². The third kappa shape index (κ3) is 4.22. The molecular formula is C15H22O2. The molecule has 0 aliphatic heterocycles. The maximum Gasteiger partial charge on any atom is 0.310 e. The number of carbonyl (C=O) groups is 1. The molecule has 1 atom stereocenters. The fourth-order valence-electron chi connectivity index (χ4n) is 2.13. The molecule has 1 N–H and O–H groups in total. The number of hydrogen-bond acceptors (Lipinski definition) is 1. The minimum atomic E-state index is -0.714. The van der Waals surface area contributed by atoms with E-state index in [1.54, 1.807) is 0 Å². The predicted molar refractivity (Wildman–Crippen MR) is 70.3 cm³/mol. The Bertz CT molecular complexity index is 369. The van der Waals surface area contributed by atoms with Crippen molar-refractivity contribution in [3.8, 4) is 0 Å². The van der Waals surface area contributed by atoms with Crippen molar-refractivity contribution >= 4 is 5.97 Å². The van der Waals surface area contributed by atoms with Crippen LogP contribution in [0.3, 0.4) is 0 Å². The third-order valence-corrected chi connectivity index (χ3v) is 2.87. The molecule has 0 aliphatic carbocycles. The zero-order valence-corrected chi connectivity index (χ0v) is 10.9. The van der Waals surface area contributed by atoms with Crippen molar-refractivity contribution in [1.82, 2.24) is 0 Å². The zero-order valence-electron chi connectivity index (χ0n) is 10.9. The molecule has 1 rings (SSSR count). The largest absolute Gasteiger partial charge is 0.481 e. The summed E-state index contributed by atoms with van der Waals surface area (Å²) in [6.07, 6.45) is 2.61. The first-order chi connectivity index (χ1) is 8.04. The Kier molecular flexibility index (Phi) is 5.20. The van der Waals surface area contributed by atoms with Crippen LogP contribution in [-0.4, -0.2) is 11.1 Å². The van der Waals surface area contributed by atoms with Gasteiger partial charge in [-0.1, -0.05) is 51.5 Å². The van der Waals surface area contributed by atoms with E-state index in [0.29, 0.717) is 12.3 Å². The first-order valence-electron chi connectivity index (χ1n) is 6.36. The van der Waals surface area contributed by atoms with Gasteiger partial charge in [-0.2, -0.15) is 0 Å². The van der Waals surface area contributed by atoms with Gasteiger partial charge in [-0.05, 0) is 29.9 Å². The van der Waals surface area contributed by atoms with Crippen LogP contribution >= 0.6 is 0 Å². The lowest BCUT2D eigenvalue weighted by Crippen LogP contribution is -2.11. The van der Waals surface area contributed by atoms with Crippen molar-refractivity contribution in [1.29, 1.82) is 0 Å². The maximum atomic E-state index is 11.2. The highest BCUT2D eigenvalue weighted by Crippen LogP contribution is 2.23. The molecule has 0 aliphatic rings. The maximum absolute atomic E-state index is 11.2. The van der Waals surface area contributed by atoms with E-state index in [9.17, 15) is 9.90 Å². The number of aliphatic carboxylic acids is 1. The second kappa shape index (κ2) is 6.43. The van der Waals surface area contributed by atoms with Crippen LogP contribution < -0.4 is 0 Å². The Morgan fingerprint density at radius 1 is 1.35 bits per heavy atom. The van der Waals surface area contributed by atoms with Gasteiger partial charge >= 0.3 is 5.97 Å². The summed E-state index contributed by atoms with van der Waals surface area (Å²) in [6, 6.07) is 8.03. The Hall–Kier alpha value is -1.31. The van der Waals surface area contributed by atoms with Gasteiger partial charge in [-0.25, -0.2) is 0 Å². The Labute approximate surface area is 104 Å². The lowest BCUT2D eigenvalue weighted by atomic mass is 9.91. The second-order valence-corrected chi connectivity index (χ2v) is 5.02. The van der Waals surface area contributed by atoms with Crippen LogP contribution in [0.15, 0.2) is 24.3 Å². The van der Waals surface area contributed by atoms with Gasteiger partial charge in [0.2, 0.25) is 0 Å². The van der Waals surface area contributed by atoms with Gasteiger partial charge in [0.05, 0.1) is 5.92 Å². The van der Waals surface area contributed by atoms with E-state index in [4.69, 9.17) is 0 Å². The van der Waals surface area contributed by atoms with Crippen LogP contribution in [0.1, 0.15) is 50.7 Å². The highest BCUT2D eigenvalue weighted by Gasteiger charge is 2.18. The fraction of sp³-hybridized carbons (Fsp3) is 0.533. The molecule has 0 spiro atoms. The fourth-order valence-corrected chi connectivity index (χ4v) is 2.13. The van der Waals surface area contributed by atoms with Crippen molar-refractivity contribution in [3.05, 3.63) is 35.4 Å². The van der Waals surface area contributed by atoms with Crippen LogP contribution in [0, 0.1) is 5.92 Å². The van der Waals surface area contributed by atoms with Gasteiger partial charge in [-0.3, -0.25) is 4.79 Å². The van der Waals surface area contributed by atoms with Gasteiger partial charge < -0.3 is 5.11 Å². The average Bonchev–Trinajstić information content (AvgIpc) is 2.24.